The first-order valence-electron chi connectivity index (χ1n) is 9.75. The van der Waals surface area contributed by atoms with Crippen LogP contribution >= 0.6 is 0 Å². The maximum atomic E-state index is 12.7. The van der Waals surface area contributed by atoms with Gasteiger partial charge in [-0.05, 0) is 49.4 Å². The van der Waals surface area contributed by atoms with Crippen LogP contribution in [0, 0.1) is 0 Å². The quantitative estimate of drug-likeness (QED) is 0.739. The summed E-state index contributed by atoms with van der Waals surface area (Å²) in [5.41, 5.74) is 2.80. The van der Waals surface area contributed by atoms with Crippen molar-refractivity contribution in [2.45, 2.75) is 13.8 Å². The summed E-state index contributed by atoms with van der Waals surface area (Å²) in [5, 5.41) is 5.57. The van der Waals surface area contributed by atoms with Crippen LogP contribution in [0.3, 0.4) is 0 Å². The third-order valence-electron chi connectivity index (χ3n) is 4.97. The fourth-order valence-corrected chi connectivity index (χ4v) is 3.36. The molecular formula is C22H26N4O4. The summed E-state index contributed by atoms with van der Waals surface area (Å²) < 4.78 is 5.32. The summed E-state index contributed by atoms with van der Waals surface area (Å²) in [7, 11) is 1.53. The number of nitrogens with one attached hydrogen (secondary N) is 2. The Kier molecular flexibility index (Phi) is 6.56. The van der Waals surface area contributed by atoms with Gasteiger partial charge in [-0.2, -0.15) is 0 Å². The van der Waals surface area contributed by atoms with Crippen molar-refractivity contribution >= 4 is 34.8 Å². The lowest BCUT2D eigenvalue weighted by molar-refractivity contribution is -0.114. The van der Waals surface area contributed by atoms with Crippen LogP contribution in [0.15, 0.2) is 42.5 Å². The molecule has 0 radical (unpaired) electrons. The number of hydrogen-bond donors (Lipinski definition) is 2. The van der Waals surface area contributed by atoms with Gasteiger partial charge in [-0.15, -0.1) is 0 Å². The van der Waals surface area contributed by atoms with Crippen LogP contribution < -0.4 is 20.3 Å². The second-order valence-corrected chi connectivity index (χ2v) is 7.10. The molecule has 1 aliphatic heterocycles. The van der Waals surface area contributed by atoms with Crippen molar-refractivity contribution in [3.05, 3.63) is 48.0 Å². The first-order chi connectivity index (χ1) is 14.4. The van der Waals surface area contributed by atoms with E-state index < -0.39 is 0 Å². The Balaban J connectivity index is 1.61. The predicted octanol–water partition coefficient (Wildman–Crippen LogP) is 3.21. The van der Waals surface area contributed by atoms with Crippen LogP contribution in [0.2, 0.25) is 0 Å². The van der Waals surface area contributed by atoms with E-state index in [9.17, 15) is 14.4 Å². The van der Waals surface area contributed by atoms with Gasteiger partial charge in [0.1, 0.15) is 5.75 Å². The first-order valence-corrected chi connectivity index (χ1v) is 9.75. The van der Waals surface area contributed by atoms with E-state index in [0.29, 0.717) is 48.9 Å². The third-order valence-corrected chi connectivity index (χ3v) is 4.97. The Morgan fingerprint density at radius 3 is 2.13 bits per heavy atom. The largest absolute Gasteiger partial charge is 0.495 e. The number of methoxy groups -OCH3 is 1. The molecule has 3 amide bonds. The van der Waals surface area contributed by atoms with Crippen molar-refractivity contribution < 1.29 is 19.1 Å². The van der Waals surface area contributed by atoms with Crippen molar-refractivity contribution in [2.75, 3.05) is 48.8 Å². The van der Waals surface area contributed by atoms with Crippen molar-refractivity contribution in [3.8, 4) is 5.75 Å². The summed E-state index contributed by atoms with van der Waals surface area (Å²) in [6, 6.07) is 12.4. The van der Waals surface area contributed by atoms with E-state index in [2.05, 4.69) is 15.5 Å². The number of rotatable bonds is 5. The second kappa shape index (κ2) is 9.30. The van der Waals surface area contributed by atoms with Gasteiger partial charge in [-0.25, -0.2) is 4.79 Å². The maximum Gasteiger partial charge on any atom is 0.322 e. The number of benzene rings is 2. The minimum Gasteiger partial charge on any atom is -0.495 e. The summed E-state index contributed by atoms with van der Waals surface area (Å²) >= 11 is 0. The normalized spacial score (nSPS) is 13.6. The number of ether oxygens (including phenoxy) is 1. The number of urea groups is 1. The minimum atomic E-state index is -0.222. The van der Waals surface area contributed by atoms with E-state index in [-0.39, 0.29) is 17.7 Å². The molecule has 1 fully saturated rings. The van der Waals surface area contributed by atoms with Gasteiger partial charge in [0, 0.05) is 50.0 Å². The van der Waals surface area contributed by atoms with E-state index in [1.54, 1.807) is 30.0 Å². The molecule has 2 aromatic rings. The standard InChI is InChI=1S/C22H26N4O4/c1-15(27)17-4-7-19(8-5-17)25-10-12-26(13-11-25)22(29)24-20-14-18(23-16(2)28)6-9-21(20)30-3/h4-9,14H,10-13H2,1-3H3,(H,23,28)(H,24,29). The molecule has 0 spiro atoms. The van der Waals surface area contributed by atoms with Gasteiger partial charge in [-0.1, -0.05) is 0 Å². The molecule has 2 N–H and O–H groups in total. The molecule has 3 rings (SSSR count). The molecule has 1 aliphatic rings. The highest BCUT2D eigenvalue weighted by atomic mass is 16.5. The number of nitrogens with zero attached hydrogens (tertiary/aromatic N) is 2. The van der Waals surface area contributed by atoms with Crippen molar-refractivity contribution in [3.63, 3.8) is 0 Å². The van der Waals surface area contributed by atoms with Gasteiger partial charge in [0.05, 0.1) is 12.8 Å². The topological polar surface area (TPSA) is 91.0 Å². The predicted molar refractivity (Wildman–Crippen MR) is 117 cm³/mol. The molecule has 158 valence electrons. The van der Waals surface area contributed by atoms with Crippen LogP contribution in [0.1, 0.15) is 24.2 Å². The van der Waals surface area contributed by atoms with Gasteiger partial charge in [-0.3, -0.25) is 9.59 Å². The molecule has 8 heteroatoms. The average Bonchev–Trinajstić information content (AvgIpc) is 2.73. The SMILES string of the molecule is COc1ccc(NC(C)=O)cc1NC(=O)N1CCN(c2ccc(C(C)=O)cc2)CC1. The Labute approximate surface area is 175 Å². The minimum absolute atomic E-state index is 0.0426. The zero-order valence-electron chi connectivity index (χ0n) is 17.4. The van der Waals surface area contributed by atoms with Gasteiger partial charge in [0.15, 0.2) is 5.78 Å². The Bertz CT molecular complexity index is 935. The average molecular weight is 410 g/mol. The van der Waals surface area contributed by atoms with E-state index >= 15 is 0 Å². The summed E-state index contributed by atoms with van der Waals surface area (Å²) in [6.45, 7) is 5.48. The van der Waals surface area contributed by atoms with Crippen molar-refractivity contribution in [2.24, 2.45) is 0 Å². The lowest BCUT2D eigenvalue weighted by Crippen LogP contribution is -2.50. The summed E-state index contributed by atoms with van der Waals surface area (Å²) in [4.78, 5) is 39.4. The van der Waals surface area contributed by atoms with Gasteiger partial charge in [0.25, 0.3) is 0 Å². The van der Waals surface area contributed by atoms with Crippen molar-refractivity contribution in [1.82, 2.24) is 4.90 Å². The zero-order chi connectivity index (χ0) is 21.7. The Morgan fingerprint density at radius 2 is 1.57 bits per heavy atom. The molecule has 1 saturated heterocycles. The smallest absolute Gasteiger partial charge is 0.322 e. The van der Waals surface area contributed by atoms with Crippen LogP contribution in [0.5, 0.6) is 5.75 Å². The van der Waals surface area contributed by atoms with Gasteiger partial charge < -0.3 is 25.2 Å². The zero-order valence-corrected chi connectivity index (χ0v) is 17.4. The third kappa shape index (κ3) is 5.08. The number of piperazine rings is 1. The van der Waals surface area contributed by atoms with Crippen LogP contribution in [0.25, 0.3) is 0 Å². The monoisotopic (exact) mass is 410 g/mol. The van der Waals surface area contributed by atoms with Crippen LogP contribution in [-0.2, 0) is 4.79 Å². The lowest BCUT2D eigenvalue weighted by Gasteiger charge is -2.36. The second-order valence-electron chi connectivity index (χ2n) is 7.10. The number of amides is 3. The molecular weight excluding hydrogens is 384 g/mol. The highest BCUT2D eigenvalue weighted by molar-refractivity contribution is 5.95. The van der Waals surface area contributed by atoms with E-state index in [1.807, 2.05) is 24.3 Å². The fraction of sp³-hybridized carbons (Fsp3) is 0.318. The number of Topliss-reactive ketones (excluding diaryl/α,β-unsaturated/α-hetero) is 1. The van der Waals surface area contributed by atoms with Crippen LogP contribution in [0.4, 0.5) is 21.9 Å². The number of anilines is 3. The molecule has 8 nitrogen and oxygen atoms in total. The molecule has 0 unspecified atom stereocenters. The van der Waals surface area contributed by atoms with E-state index in [1.165, 1.54) is 14.0 Å². The van der Waals surface area contributed by atoms with E-state index in [4.69, 9.17) is 4.74 Å². The maximum absolute atomic E-state index is 12.7. The number of hydrogen-bond acceptors (Lipinski definition) is 5. The lowest BCUT2D eigenvalue weighted by atomic mass is 10.1. The Morgan fingerprint density at radius 1 is 0.900 bits per heavy atom. The molecule has 0 atom stereocenters. The van der Waals surface area contributed by atoms with Crippen molar-refractivity contribution in [1.29, 1.82) is 0 Å². The number of ketones is 1. The molecule has 0 bridgehead atoms. The molecule has 0 aromatic heterocycles. The molecule has 0 aliphatic carbocycles. The number of carbonyl (C=O) groups excluding carboxylic acids is 3. The Hall–Kier alpha value is -3.55. The molecule has 1 heterocycles. The molecule has 30 heavy (non-hydrogen) atoms. The highest BCUT2D eigenvalue weighted by Gasteiger charge is 2.22. The highest BCUT2D eigenvalue weighted by Crippen LogP contribution is 2.28. The fourth-order valence-electron chi connectivity index (χ4n) is 3.36. The van der Waals surface area contributed by atoms with Gasteiger partial charge >= 0.3 is 6.03 Å². The molecule has 0 saturated carbocycles. The molecule has 2 aromatic carbocycles. The number of carbonyl (C=O) groups is 3. The summed E-state index contributed by atoms with van der Waals surface area (Å²) in [5.74, 6) is 0.368. The summed E-state index contributed by atoms with van der Waals surface area (Å²) in [6.07, 6.45) is 0. The van der Waals surface area contributed by atoms with Gasteiger partial charge in [0.2, 0.25) is 5.91 Å². The van der Waals surface area contributed by atoms with E-state index in [0.717, 1.165) is 5.69 Å². The first kappa shape index (κ1) is 21.2. The van der Waals surface area contributed by atoms with Crippen LogP contribution in [-0.4, -0.2) is 55.9 Å².